The first-order chi connectivity index (χ1) is 18.8. The van der Waals surface area contributed by atoms with E-state index >= 15 is 0 Å². The molecule has 1 saturated heterocycles. The maximum absolute atomic E-state index is 13.2. The van der Waals surface area contributed by atoms with Crippen LogP contribution in [0, 0.1) is 12.7 Å². The molecule has 0 spiro atoms. The van der Waals surface area contributed by atoms with Crippen LogP contribution in [0.15, 0.2) is 72.8 Å². The van der Waals surface area contributed by atoms with Crippen molar-refractivity contribution in [3.63, 3.8) is 0 Å². The van der Waals surface area contributed by atoms with Gasteiger partial charge in [-0.2, -0.15) is 0 Å². The molecule has 9 heteroatoms. The Balaban J connectivity index is 1.27. The summed E-state index contributed by atoms with van der Waals surface area (Å²) in [5.74, 6) is -1.03. The summed E-state index contributed by atoms with van der Waals surface area (Å²) < 4.78 is 13.2. The molecule has 3 aromatic rings. The predicted molar refractivity (Wildman–Crippen MR) is 152 cm³/mol. The lowest BCUT2D eigenvalue weighted by Gasteiger charge is -2.36. The number of urea groups is 1. The fourth-order valence-corrected chi connectivity index (χ4v) is 4.43. The highest BCUT2D eigenvalue weighted by molar-refractivity contribution is 5.99. The molecule has 2 N–H and O–H groups in total. The normalized spacial score (nSPS) is 13.1. The summed E-state index contributed by atoms with van der Waals surface area (Å²) in [6.07, 6.45) is 0.690. The number of carbonyl (C=O) groups is 3. The molecule has 0 saturated carbocycles. The minimum Gasteiger partial charge on any atom is -0.368 e. The molecule has 8 nitrogen and oxygen atoms in total. The van der Waals surface area contributed by atoms with Gasteiger partial charge in [0.25, 0.3) is 5.91 Å². The molecule has 4 rings (SSSR count). The Hall–Kier alpha value is -4.40. The number of amides is 4. The highest BCUT2D eigenvalue weighted by atomic mass is 19.1. The van der Waals surface area contributed by atoms with Crippen LogP contribution in [0.4, 0.5) is 26.2 Å². The highest BCUT2D eigenvalue weighted by Gasteiger charge is 2.22. The predicted octanol–water partition coefficient (Wildman–Crippen LogP) is 4.98. The van der Waals surface area contributed by atoms with Crippen molar-refractivity contribution in [1.29, 1.82) is 0 Å². The number of nitrogens with one attached hydrogen (secondary N) is 2. The summed E-state index contributed by atoms with van der Waals surface area (Å²) in [7, 11) is 0. The zero-order chi connectivity index (χ0) is 27.8. The maximum atomic E-state index is 13.2. The van der Waals surface area contributed by atoms with Crippen LogP contribution in [-0.4, -0.2) is 66.9 Å². The van der Waals surface area contributed by atoms with Gasteiger partial charge in [-0.15, -0.1) is 0 Å². The monoisotopic (exact) mass is 531 g/mol. The van der Waals surface area contributed by atoms with Gasteiger partial charge in [0, 0.05) is 55.3 Å². The Labute approximate surface area is 228 Å². The maximum Gasteiger partial charge on any atom is 0.321 e. The van der Waals surface area contributed by atoms with Gasteiger partial charge in [-0.3, -0.25) is 9.59 Å². The van der Waals surface area contributed by atoms with Crippen LogP contribution in [0.1, 0.15) is 29.3 Å². The van der Waals surface area contributed by atoms with Gasteiger partial charge in [-0.1, -0.05) is 24.6 Å². The van der Waals surface area contributed by atoms with Crippen LogP contribution in [-0.2, 0) is 4.79 Å². The second-order valence-corrected chi connectivity index (χ2v) is 9.60. The van der Waals surface area contributed by atoms with E-state index in [0.29, 0.717) is 50.4 Å². The third-order valence-electron chi connectivity index (χ3n) is 6.59. The topological polar surface area (TPSA) is 85.0 Å². The van der Waals surface area contributed by atoms with E-state index in [0.717, 1.165) is 16.9 Å². The summed E-state index contributed by atoms with van der Waals surface area (Å²) in [6, 6.07) is 20.5. The molecular formula is C30H34FN5O3. The number of hydrogen-bond acceptors (Lipinski definition) is 4. The van der Waals surface area contributed by atoms with E-state index in [1.54, 1.807) is 4.90 Å². The van der Waals surface area contributed by atoms with Gasteiger partial charge in [-0.25, -0.2) is 9.18 Å². The van der Waals surface area contributed by atoms with Gasteiger partial charge < -0.3 is 25.3 Å². The molecule has 1 aliphatic heterocycles. The number of rotatable bonds is 8. The number of benzene rings is 3. The van der Waals surface area contributed by atoms with Crippen LogP contribution < -0.4 is 15.5 Å². The van der Waals surface area contributed by atoms with Crippen LogP contribution >= 0.6 is 0 Å². The molecule has 0 atom stereocenters. The lowest BCUT2D eigenvalue weighted by Crippen LogP contribution is -2.50. The average molecular weight is 532 g/mol. The molecule has 3 aromatic carbocycles. The summed E-state index contributed by atoms with van der Waals surface area (Å²) in [5, 5.41) is 5.80. The summed E-state index contributed by atoms with van der Waals surface area (Å²) in [6.45, 7) is 6.85. The van der Waals surface area contributed by atoms with Gasteiger partial charge in [0.1, 0.15) is 12.4 Å². The highest BCUT2D eigenvalue weighted by Crippen LogP contribution is 2.20. The first kappa shape index (κ1) is 27.6. The van der Waals surface area contributed by atoms with Gasteiger partial charge in [0.15, 0.2) is 0 Å². The lowest BCUT2D eigenvalue weighted by atomic mass is 10.2. The van der Waals surface area contributed by atoms with Crippen LogP contribution in [0.25, 0.3) is 0 Å². The minimum atomic E-state index is -0.416. The summed E-state index contributed by atoms with van der Waals surface area (Å²) in [4.78, 5) is 43.6. The fraction of sp³-hybridized carbons (Fsp3) is 0.300. The van der Waals surface area contributed by atoms with E-state index in [1.807, 2.05) is 62.4 Å². The Morgan fingerprint density at radius 1 is 0.821 bits per heavy atom. The zero-order valence-electron chi connectivity index (χ0n) is 22.3. The second kappa shape index (κ2) is 12.9. The van der Waals surface area contributed by atoms with Gasteiger partial charge >= 0.3 is 6.03 Å². The molecule has 1 heterocycles. The summed E-state index contributed by atoms with van der Waals surface area (Å²) in [5.41, 5.74) is 3.90. The smallest absolute Gasteiger partial charge is 0.321 e. The van der Waals surface area contributed by atoms with Crippen molar-refractivity contribution in [2.45, 2.75) is 20.3 Å². The number of anilines is 3. The molecule has 0 bridgehead atoms. The van der Waals surface area contributed by atoms with E-state index in [1.165, 1.54) is 29.2 Å². The van der Waals surface area contributed by atoms with Crippen molar-refractivity contribution in [2.75, 3.05) is 54.8 Å². The molecule has 1 fully saturated rings. The van der Waals surface area contributed by atoms with Gasteiger partial charge in [0.2, 0.25) is 5.91 Å². The van der Waals surface area contributed by atoms with E-state index in [9.17, 15) is 18.8 Å². The number of nitrogens with zero attached hydrogens (tertiary/aromatic N) is 3. The molecule has 0 aliphatic carbocycles. The molecule has 0 radical (unpaired) electrons. The van der Waals surface area contributed by atoms with E-state index in [-0.39, 0.29) is 24.4 Å². The molecule has 0 aromatic heterocycles. The first-order valence-corrected chi connectivity index (χ1v) is 13.1. The largest absolute Gasteiger partial charge is 0.368 e. The lowest BCUT2D eigenvalue weighted by molar-refractivity contribution is -0.116. The van der Waals surface area contributed by atoms with E-state index in [4.69, 9.17) is 0 Å². The Bertz CT molecular complexity index is 1270. The summed E-state index contributed by atoms with van der Waals surface area (Å²) >= 11 is 0. The van der Waals surface area contributed by atoms with Crippen molar-refractivity contribution in [2.24, 2.45) is 0 Å². The third-order valence-corrected chi connectivity index (χ3v) is 6.59. The standard InChI is InChI=1S/C30H34FN5O3/c1-3-16-36(29(38)23-6-8-24(31)9-7-23)21-28(37)32-25-12-14-27(15-13-25)34-17-19-35(20-18-34)30(39)33-26-10-4-22(2)5-11-26/h4-15H,3,16-21H2,1-2H3,(H,32,37)(H,33,39). The van der Waals surface area contributed by atoms with E-state index < -0.39 is 5.82 Å². The Kier molecular flexibility index (Phi) is 9.14. The molecule has 4 amide bonds. The fourth-order valence-electron chi connectivity index (χ4n) is 4.43. The van der Waals surface area contributed by atoms with Crippen LogP contribution in [0.5, 0.6) is 0 Å². The minimum absolute atomic E-state index is 0.0988. The quantitative estimate of drug-likeness (QED) is 0.430. The van der Waals surface area contributed by atoms with Crippen molar-refractivity contribution in [3.05, 3.63) is 89.7 Å². The molecule has 1 aliphatic rings. The second-order valence-electron chi connectivity index (χ2n) is 9.60. The number of aryl methyl sites for hydroxylation is 1. The average Bonchev–Trinajstić information content (AvgIpc) is 2.94. The molecule has 39 heavy (non-hydrogen) atoms. The first-order valence-electron chi connectivity index (χ1n) is 13.1. The van der Waals surface area contributed by atoms with Gasteiger partial charge in [-0.05, 0) is 74.0 Å². The number of carbonyl (C=O) groups excluding carboxylic acids is 3. The number of hydrogen-bond donors (Lipinski definition) is 2. The number of piperazine rings is 1. The van der Waals surface area contributed by atoms with Crippen molar-refractivity contribution in [1.82, 2.24) is 9.80 Å². The van der Waals surface area contributed by atoms with Crippen LogP contribution in [0.3, 0.4) is 0 Å². The SMILES string of the molecule is CCCN(CC(=O)Nc1ccc(N2CCN(C(=O)Nc3ccc(C)cc3)CC2)cc1)C(=O)c1ccc(F)cc1. The van der Waals surface area contributed by atoms with Gasteiger partial charge in [0.05, 0.1) is 0 Å². The molecular weight excluding hydrogens is 497 g/mol. The Morgan fingerprint density at radius 2 is 1.41 bits per heavy atom. The van der Waals surface area contributed by atoms with Crippen LogP contribution in [0.2, 0.25) is 0 Å². The number of halogens is 1. The molecule has 204 valence electrons. The van der Waals surface area contributed by atoms with Crippen molar-refractivity contribution < 1.29 is 18.8 Å². The third kappa shape index (κ3) is 7.56. The van der Waals surface area contributed by atoms with Crippen molar-refractivity contribution in [3.8, 4) is 0 Å². The van der Waals surface area contributed by atoms with E-state index in [2.05, 4.69) is 15.5 Å². The Morgan fingerprint density at radius 3 is 2.03 bits per heavy atom. The van der Waals surface area contributed by atoms with Crippen molar-refractivity contribution >= 4 is 34.9 Å². The molecule has 0 unspecified atom stereocenters. The zero-order valence-corrected chi connectivity index (χ0v) is 22.3.